The van der Waals surface area contributed by atoms with Crippen molar-refractivity contribution in [3.63, 3.8) is 0 Å². The number of rotatable bonds is 4. The molecule has 4 nitrogen and oxygen atoms in total. The van der Waals surface area contributed by atoms with Crippen LogP contribution in [0.3, 0.4) is 0 Å². The lowest BCUT2D eigenvalue weighted by Gasteiger charge is -2.18. The van der Waals surface area contributed by atoms with E-state index in [-0.39, 0.29) is 24.7 Å². The molecule has 4 heteroatoms. The fourth-order valence-corrected chi connectivity index (χ4v) is 3.05. The zero-order valence-corrected chi connectivity index (χ0v) is 14.1. The summed E-state index contributed by atoms with van der Waals surface area (Å²) in [4.78, 5) is 0. The van der Waals surface area contributed by atoms with E-state index < -0.39 is 0 Å². The lowest BCUT2D eigenvalue weighted by Crippen LogP contribution is -2.03. The summed E-state index contributed by atoms with van der Waals surface area (Å²) in [5.74, 6) is 0.284. The molecule has 2 aromatic rings. The minimum absolute atomic E-state index is 0.142. The van der Waals surface area contributed by atoms with Gasteiger partial charge in [-0.2, -0.15) is 0 Å². The van der Waals surface area contributed by atoms with Gasteiger partial charge in [0.05, 0.1) is 13.2 Å². The second-order valence-corrected chi connectivity index (χ2v) is 6.10. The highest BCUT2D eigenvalue weighted by molar-refractivity contribution is 5.53. The first kappa shape index (κ1) is 17.3. The number of hydrogen-bond acceptors (Lipinski definition) is 4. The van der Waals surface area contributed by atoms with Crippen LogP contribution in [0.15, 0.2) is 12.1 Å². The van der Waals surface area contributed by atoms with Gasteiger partial charge in [-0.05, 0) is 67.5 Å². The predicted octanol–water partition coefficient (Wildman–Crippen LogP) is 2.91. The van der Waals surface area contributed by atoms with Crippen LogP contribution in [0.2, 0.25) is 0 Å². The Morgan fingerprint density at radius 1 is 0.696 bits per heavy atom. The first-order chi connectivity index (χ1) is 10.8. The molecule has 124 valence electrons. The maximum absolute atomic E-state index is 10.1. The van der Waals surface area contributed by atoms with Gasteiger partial charge in [-0.25, -0.2) is 0 Å². The molecule has 2 rings (SSSR count). The van der Waals surface area contributed by atoms with Crippen LogP contribution in [0.1, 0.15) is 44.5 Å². The number of aliphatic hydroxyl groups is 2. The van der Waals surface area contributed by atoms with Crippen molar-refractivity contribution in [3.8, 4) is 11.5 Å². The molecule has 0 aliphatic heterocycles. The molecule has 0 aromatic heterocycles. The van der Waals surface area contributed by atoms with Gasteiger partial charge < -0.3 is 20.4 Å². The van der Waals surface area contributed by atoms with E-state index in [0.29, 0.717) is 17.5 Å². The first-order valence-corrected chi connectivity index (χ1v) is 7.65. The molecule has 0 unspecified atom stereocenters. The second kappa shape index (κ2) is 6.60. The molecule has 0 aliphatic carbocycles. The van der Waals surface area contributed by atoms with Gasteiger partial charge in [-0.3, -0.25) is 0 Å². The maximum atomic E-state index is 10.1. The zero-order valence-electron chi connectivity index (χ0n) is 14.1. The highest BCUT2D eigenvalue weighted by atomic mass is 16.3. The second-order valence-electron chi connectivity index (χ2n) is 6.10. The van der Waals surface area contributed by atoms with Crippen molar-refractivity contribution in [2.24, 2.45) is 0 Å². The molecule has 0 saturated carbocycles. The van der Waals surface area contributed by atoms with Crippen molar-refractivity contribution in [2.75, 3.05) is 0 Å². The predicted molar refractivity (Wildman–Crippen MR) is 89.8 cm³/mol. The molecule has 23 heavy (non-hydrogen) atoms. The number of hydrogen-bond donors (Lipinski definition) is 4. The summed E-state index contributed by atoms with van der Waals surface area (Å²) < 4.78 is 0. The van der Waals surface area contributed by atoms with E-state index in [9.17, 15) is 20.4 Å². The molecule has 0 bridgehead atoms. The van der Waals surface area contributed by atoms with Crippen LogP contribution >= 0.6 is 0 Å². The summed E-state index contributed by atoms with van der Waals surface area (Å²) in [5, 5.41) is 39.1. The summed E-state index contributed by atoms with van der Waals surface area (Å²) >= 11 is 0. The third-order valence-electron chi connectivity index (χ3n) is 4.67. The summed E-state index contributed by atoms with van der Waals surface area (Å²) in [6.07, 6.45) is 0.611. The van der Waals surface area contributed by atoms with Crippen LogP contribution in [0.25, 0.3) is 0 Å². The number of aromatic hydroxyl groups is 2. The minimum atomic E-state index is -0.207. The normalized spacial score (nSPS) is 11.0. The summed E-state index contributed by atoms with van der Waals surface area (Å²) in [5.41, 5.74) is 6.32. The SMILES string of the molecule is Cc1cc(Cc2cc(C)c(O)c(CO)c2C)c(C)c(CO)c1O. The Hall–Kier alpha value is -2.04. The van der Waals surface area contributed by atoms with Gasteiger partial charge in [-0.15, -0.1) is 0 Å². The average Bonchev–Trinajstić information content (AvgIpc) is 2.51. The van der Waals surface area contributed by atoms with Gasteiger partial charge in [0, 0.05) is 11.1 Å². The van der Waals surface area contributed by atoms with Gasteiger partial charge in [-0.1, -0.05) is 12.1 Å². The zero-order chi connectivity index (χ0) is 17.3. The monoisotopic (exact) mass is 316 g/mol. The third-order valence-corrected chi connectivity index (χ3v) is 4.67. The summed E-state index contributed by atoms with van der Waals surface area (Å²) in [7, 11) is 0. The molecule has 0 spiro atoms. The fourth-order valence-electron chi connectivity index (χ4n) is 3.05. The lowest BCUT2D eigenvalue weighted by atomic mass is 9.89. The molecule has 0 radical (unpaired) electrons. The van der Waals surface area contributed by atoms with Crippen LogP contribution < -0.4 is 0 Å². The topological polar surface area (TPSA) is 80.9 Å². The van der Waals surface area contributed by atoms with E-state index in [1.165, 1.54) is 0 Å². The summed E-state index contributed by atoms with van der Waals surface area (Å²) in [6, 6.07) is 3.84. The molecular formula is C19H24O4. The van der Waals surface area contributed by atoms with E-state index in [1.807, 2.05) is 39.8 Å². The van der Waals surface area contributed by atoms with Gasteiger partial charge in [0.2, 0.25) is 0 Å². The Morgan fingerprint density at radius 3 is 1.35 bits per heavy atom. The molecular weight excluding hydrogens is 292 g/mol. The van der Waals surface area contributed by atoms with Gasteiger partial charge in [0.1, 0.15) is 11.5 Å². The van der Waals surface area contributed by atoms with E-state index >= 15 is 0 Å². The van der Waals surface area contributed by atoms with Gasteiger partial charge in [0.25, 0.3) is 0 Å². The fraction of sp³-hybridized carbons (Fsp3) is 0.368. The van der Waals surface area contributed by atoms with E-state index in [2.05, 4.69) is 0 Å². The van der Waals surface area contributed by atoms with Crippen LogP contribution in [0, 0.1) is 27.7 Å². The molecule has 0 amide bonds. The number of aryl methyl sites for hydroxylation is 2. The molecule has 4 N–H and O–H groups in total. The van der Waals surface area contributed by atoms with E-state index in [0.717, 1.165) is 33.4 Å². The largest absolute Gasteiger partial charge is 0.507 e. The Morgan fingerprint density at radius 2 is 1.04 bits per heavy atom. The van der Waals surface area contributed by atoms with Crippen molar-refractivity contribution in [1.82, 2.24) is 0 Å². The van der Waals surface area contributed by atoms with Crippen molar-refractivity contribution in [1.29, 1.82) is 0 Å². The van der Waals surface area contributed by atoms with Crippen molar-refractivity contribution in [2.45, 2.75) is 47.3 Å². The Labute approximate surface area is 136 Å². The smallest absolute Gasteiger partial charge is 0.124 e. The van der Waals surface area contributed by atoms with Crippen LogP contribution in [-0.2, 0) is 19.6 Å². The van der Waals surface area contributed by atoms with Gasteiger partial charge >= 0.3 is 0 Å². The molecule has 0 aliphatic rings. The molecule has 2 aromatic carbocycles. The van der Waals surface area contributed by atoms with Crippen molar-refractivity contribution in [3.05, 3.63) is 56.6 Å². The van der Waals surface area contributed by atoms with Crippen LogP contribution in [0.4, 0.5) is 0 Å². The number of benzene rings is 2. The van der Waals surface area contributed by atoms with Crippen LogP contribution in [0.5, 0.6) is 11.5 Å². The Bertz CT molecular complexity index is 685. The highest BCUT2D eigenvalue weighted by Gasteiger charge is 2.16. The van der Waals surface area contributed by atoms with E-state index in [4.69, 9.17) is 0 Å². The highest BCUT2D eigenvalue weighted by Crippen LogP contribution is 2.33. The van der Waals surface area contributed by atoms with Crippen LogP contribution in [-0.4, -0.2) is 20.4 Å². The number of phenols is 2. The Balaban J connectivity index is 2.57. The Kier molecular flexibility index (Phi) is 4.97. The lowest BCUT2D eigenvalue weighted by molar-refractivity contribution is 0.274. The molecule has 0 heterocycles. The first-order valence-electron chi connectivity index (χ1n) is 7.65. The standard InChI is InChI=1S/C19H24O4/c1-10-5-14(12(3)16(8-20)18(10)22)7-15-6-11(2)19(23)17(9-21)13(15)4/h5-6,20-23H,7-9H2,1-4H3. The quantitative estimate of drug-likeness (QED) is 0.699. The van der Waals surface area contributed by atoms with Crippen molar-refractivity contribution >= 4 is 0 Å². The average molecular weight is 316 g/mol. The molecule has 0 atom stereocenters. The van der Waals surface area contributed by atoms with E-state index in [1.54, 1.807) is 0 Å². The summed E-state index contributed by atoms with van der Waals surface area (Å²) in [6.45, 7) is 6.98. The van der Waals surface area contributed by atoms with Gasteiger partial charge in [0.15, 0.2) is 0 Å². The molecule has 0 saturated heterocycles. The maximum Gasteiger partial charge on any atom is 0.124 e. The molecule has 0 fully saturated rings. The number of aliphatic hydroxyl groups excluding tert-OH is 2. The minimum Gasteiger partial charge on any atom is -0.507 e. The van der Waals surface area contributed by atoms with Crippen molar-refractivity contribution < 1.29 is 20.4 Å². The third kappa shape index (κ3) is 3.05.